The molecule has 0 aromatic carbocycles. The van der Waals surface area contributed by atoms with E-state index >= 15 is 0 Å². The van der Waals surface area contributed by atoms with Crippen molar-refractivity contribution in [1.82, 2.24) is 0 Å². The van der Waals surface area contributed by atoms with E-state index in [9.17, 15) is 4.79 Å². The highest BCUT2D eigenvalue weighted by atomic mass is 16.5. The Balaban J connectivity index is 3.59. The number of hydrogen-bond acceptors (Lipinski definition) is 2. The zero-order valence-electron chi connectivity index (χ0n) is 6.33. The van der Waals surface area contributed by atoms with Crippen LogP contribution in [0.15, 0.2) is 25.0 Å². The van der Waals surface area contributed by atoms with Crippen LogP contribution in [0.25, 0.3) is 0 Å². The molecule has 0 unspecified atom stereocenters. The third kappa shape index (κ3) is 3.89. The number of allylic oxidation sites excluding steroid dienone is 2. The molecule has 56 valence electrons. The summed E-state index contributed by atoms with van der Waals surface area (Å²) in [5.74, 6) is -0.299. The molecular weight excluding hydrogens is 128 g/mol. The van der Waals surface area contributed by atoms with Crippen LogP contribution in [-0.2, 0) is 9.53 Å². The molecule has 2 heteroatoms. The molecule has 10 heavy (non-hydrogen) atoms. The van der Waals surface area contributed by atoms with Crippen molar-refractivity contribution < 1.29 is 9.53 Å². The van der Waals surface area contributed by atoms with Gasteiger partial charge >= 0.3 is 5.97 Å². The first-order valence-corrected chi connectivity index (χ1v) is 3.16. The molecule has 0 atom stereocenters. The van der Waals surface area contributed by atoms with Gasteiger partial charge in [-0.05, 0) is 6.08 Å². The lowest BCUT2D eigenvalue weighted by molar-refractivity contribution is -0.141. The van der Waals surface area contributed by atoms with Gasteiger partial charge in [0.2, 0.25) is 0 Å². The van der Waals surface area contributed by atoms with Crippen LogP contribution in [0.5, 0.6) is 0 Å². The zero-order valence-corrected chi connectivity index (χ0v) is 6.33. The molecule has 0 aliphatic carbocycles. The van der Waals surface area contributed by atoms with Gasteiger partial charge in [0.1, 0.15) is 0 Å². The summed E-state index contributed by atoms with van der Waals surface area (Å²) >= 11 is 0. The van der Waals surface area contributed by atoms with Gasteiger partial charge in [-0.3, -0.25) is 4.79 Å². The minimum atomic E-state index is -0.224. The van der Waals surface area contributed by atoms with E-state index in [-0.39, 0.29) is 11.9 Å². The van der Waals surface area contributed by atoms with E-state index in [1.165, 1.54) is 6.26 Å². The Morgan fingerprint density at radius 3 is 2.60 bits per heavy atom. The molecule has 0 aromatic heterocycles. The number of rotatable bonds is 3. The van der Waals surface area contributed by atoms with Crippen molar-refractivity contribution in [3.05, 3.63) is 25.0 Å². The van der Waals surface area contributed by atoms with Crippen molar-refractivity contribution in [3.8, 4) is 0 Å². The number of hydrogen-bond donors (Lipinski definition) is 0. The van der Waals surface area contributed by atoms with Crippen LogP contribution < -0.4 is 0 Å². The highest BCUT2D eigenvalue weighted by Crippen LogP contribution is 1.95. The summed E-state index contributed by atoms with van der Waals surface area (Å²) in [5, 5.41) is 0. The van der Waals surface area contributed by atoms with Crippen LogP contribution in [0.1, 0.15) is 13.8 Å². The van der Waals surface area contributed by atoms with E-state index in [1.807, 2.05) is 0 Å². The Hall–Kier alpha value is -1.05. The van der Waals surface area contributed by atoms with Gasteiger partial charge in [0.15, 0.2) is 0 Å². The number of ether oxygens (including phenoxy) is 1. The summed E-state index contributed by atoms with van der Waals surface area (Å²) in [6, 6.07) is 0. The maximum atomic E-state index is 10.7. The summed E-state index contributed by atoms with van der Waals surface area (Å²) in [4.78, 5) is 10.7. The topological polar surface area (TPSA) is 26.3 Å². The largest absolute Gasteiger partial charge is 0.434 e. The smallest absolute Gasteiger partial charge is 0.313 e. The van der Waals surface area contributed by atoms with Crippen molar-refractivity contribution in [3.63, 3.8) is 0 Å². The van der Waals surface area contributed by atoms with Crippen LogP contribution in [0.2, 0.25) is 0 Å². The molecule has 0 aromatic rings. The lowest BCUT2D eigenvalue weighted by Crippen LogP contribution is -2.07. The average molecular weight is 140 g/mol. The first kappa shape index (κ1) is 8.95. The molecule has 0 rings (SSSR count). The van der Waals surface area contributed by atoms with Crippen LogP contribution in [0, 0.1) is 5.92 Å². The molecule has 0 aliphatic rings. The fourth-order valence-electron chi connectivity index (χ4n) is 0.298. The maximum Gasteiger partial charge on any atom is 0.313 e. The van der Waals surface area contributed by atoms with Crippen LogP contribution in [-0.4, -0.2) is 5.97 Å². The summed E-state index contributed by atoms with van der Waals surface area (Å²) in [6.07, 6.45) is 4.45. The maximum absolute atomic E-state index is 10.7. The van der Waals surface area contributed by atoms with E-state index in [0.717, 1.165) is 0 Å². The van der Waals surface area contributed by atoms with Crippen LogP contribution >= 0.6 is 0 Å². The van der Waals surface area contributed by atoms with E-state index in [1.54, 1.807) is 26.0 Å². The minimum absolute atomic E-state index is 0.0746. The second-order valence-electron chi connectivity index (χ2n) is 2.16. The molecule has 2 nitrogen and oxygen atoms in total. The van der Waals surface area contributed by atoms with Gasteiger partial charge < -0.3 is 4.74 Å². The number of carbonyl (C=O) groups excluding carboxylic acids is 1. The molecule has 0 fully saturated rings. The SMILES string of the molecule is C=C/C=C\OC(=O)C(C)C. The quantitative estimate of drug-likeness (QED) is 0.340. The van der Waals surface area contributed by atoms with Crippen LogP contribution in [0.3, 0.4) is 0 Å². The second-order valence-corrected chi connectivity index (χ2v) is 2.16. The van der Waals surface area contributed by atoms with Crippen molar-refractivity contribution in [1.29, 1.82) is 0 Å². The van der Waals surface area contributed by atoms with Gasteiger partial charge in [0.25, 0.3) is 0 Å². The van der Waals surface area contributed by atoms with E-state index in [2.05, 4.69) is 11.3 Å². The lowest BCUT2D eigenvalue weighted by Gasteiger charge is -1.99. The molecule has 0 saturated carbocycles. The molecule has 0 saturated heterocycles. The molecule has 0 heterocycles. The standard InChI is InChI=1S/C8H12O2/c1-4-5-6-10-8(9)7(2)3/h4-7H,1H2,2-3H3/b6-5-. The van der Waals surface area contributed by atoms with Gasteiger partial charge in [-0.25, -0.2) is 0 Å². The van der Waals surface area contributed by atoms with E-state index in [0.29, 0.717) is 0 Å². The molecule has 0 aliphatic heterocycles. The molecule has 0 amide bonds. The monoisotopic (exact) mass is 140 g/mol. The van der Waals surface area contributed by atoms with Gasteiger partial charge in [-0.15, -0.1) is 0 Å². The highest BCUT2D eigenvalue weighted by molar-refractivity contribution is 5.72. The van der Waals surface area contributed by atoms with Crippen LogP contribution in [0.4, 0.5) is 0 Å². The van der Waals surface area contributed by atoms with Gasteiger partial charge in [-0.2, -0.15) is 0 Å². The predicted molar refractivity (Wildman–Crippen MR) is 40.3 cm³/mol. The Bertz CT molecular complexity index is 145. The molecule has 0 radical (unpaired) electrons. The van der Waals surface area contributed by atoms with Crippen molar-refractivity contribution in [2.45, 2.75) is 13.8 Å². The number of carbonyl (C=O) groups is 1. The van der Waals surface area contributed by atoms with Crippen molar-refractivity contribution in [2.24, 2.45) is 5.92 Å². The lowest BCUT2D eigenvalue weighted by atomic mass is 10.2. The van der Waals surface area contributed by atoms with Gasteiger partial charge in [0, 0.05) is 0 Å². The first-order chi connectivity index (χ1) is 4.68. The third-order valence-corrected chi connectivity index (χ3v) is 0.870. The minimum Gasteiger partial charge on any atom is -0.434 e. The molecule has 0 bridgehead atoms. The fourth-order valence-corrected chi connectivity index (χ4v) is 0.298. The summed E-state index contributed by atoms with van der Waals surface area (Å²) < 4.78 is 4.65. The Labute approximate surface area is 61.2 Å². The second kappa shape index (κ2) is 4.79. The summed E-state index contributed by atoms with van der Waals surface area (Å²) in [7, 11) is 0. The van der Waals surface area contributed by atoms with Gasteiger partial charge in [-0.1, -0.05) is 26.5 Å². The predicted octanol–water partition coefficient (Wildman–Crippen LogP) is 1.89. The van der Waals surface area contributed by atoms with E-state index in [4.69, 9.17) is 0 Å². The third-order valence-electron chi connectivity index (χ3n) is 0.870. The summed E-state index contributed by atoms with van der Waals surface area (Å²) in [5.41, 5.74) is 0. The fraction of sp³-hybridized carbons (Fsp3) is 0.375. The van der Waals surface area contributed by atoms with E-state index < -0.39 is 0 Å². The highest BCUT2D eigenvalue weighted by Gasteiger charge is 2.04. The summed E-state index contributed by atoms with van der Waals surface area (Å²) in [6.45, 7) is 6.99. The molecular formula is C8H12O2. The van der Waals surface area contributed by atoms with Crippen molar-refractivity contribution in [2.75, 3.05) is 0 Å². The first-order valence-electron chi connectivity index (χ1n) is 3.16. The normalized spacial score (nSPS) is 10.3. The zero-order chi connectivity index (χ0) is 7.98. The molecule has 0 N–H and O–H groups in total. The average Bonchev–Trinajstić information content (AvgIpc) is 1.88. The molecule has 0 spiro atoms. The number of esters is 1. The van der Waals surface area contributed by atoms with Gasteiger partial charge in [0.05, 0.1) is 12.2 Å². The Morgan fingerprint density at radius 1 is 1.60 bits per heavy atom. The Kier molecular flexibility index (Phi) is 4.29. The van der Waals surface area contributed by atoms with Crippen molar-refractivity contribution >= 4 is 5.97 Å². The Morgan fingerprint density at radius 2 is 2.20 bits per heavy atom.